The number of nitrogens with zero attached hydrogens (tertiary/aromatic N) is 2. The summed E-state index contributed by atoms with van der Waals surface area (Å²) >= 11 is 18.6. The van der Waals surface area contributed by atoms with Gasteiger partial charge in [0.1, 0.15) is 23.7 Å². The van der Waals surface area contributed by atoms with Gasteiger partial charge >= 0.3 is 0 Å². The smallest absolute Gasteiger partial charge is 0.269 e. The van der Waals surface area contributed by atoms with Crippen molar-refractivity contribution >= 4 is 96.4 Å². The first-order valence-corrected chi connectivity index (χ1v) is 30.0. The summed E-state index contributed by atoms with van der Waals surface area (Å²) in [4.78, 5) is 56.7. The average molecular weight is 1070 g/mol. The summed E-state index contributed by atoms with van der Waals surface area (Å²) in [6.07, 6.45) is -1.68. The fourth-order valence-electron chi connectivity index (χ4n) is 5.41. The number of amides is 4. The van der Waals surface area contributed by atoms with Gasteiger partial charge in [-0.15, -0.1) is 0 Å². The molecule has 4 rings (SSSR count). The first-order chi connectivity index (χ1) is 32.7. The van der Waals surface area contributed by atoms with Crippen LogP contribution in [0.15, 0.2) is 72.8 Å². The molecule has 0 spiro atoms. The van der Waals surface area contributed by atoms with Crippen molar-refractivity contribution in [2.75, 3.05) is 10.6 Å². The Kier molecular flexibility index (Phi) is 22.7. The number of carbonyl (C=O) groups excluding carboxylic acids is 4. The number of benzene rings is 4. The van der Waals surface area contributed by atoms with E-state index < -0.39 is 75.3 Å². The summed E-state index contributed by atoms with van der Waals surface area (Å²) in [6.45, 7) is 42.4. The SMILES string of the molecule is CC(C)(C)[Si](C)(C)Cl.[C-]#[N+]c1ccc(N[C@@H](C(=O)NNC(=O)c2ccc(F)cc2)[C@@H](C)O)c(C)c1Cl.[C-]#[N+]c1ccc(N[C@@H](C(=O)NNC(=O)c2ccc(F)cc2)[C@@H](C)O[Si](C)(C)C(C)(C)C)c(C)c1Cl. The van der Waals surface area contributed by atoms with Crippen molar-refractivity contribution < 1.29 is 37.5 Å². The molecule has 71 heavy (non-hydrogen) atoms. The van der Waals surface area contributed by atoms with E-state index in [1.807, 2.05) is 0 Å². The minimum absolute atomic E-state index is 0.0877. The maximum atomic E-state index is 13.2. The number of aliphatic hydroxyl groups is 1. The molecule has 0 aliphatic carbocycles. The number of carbonyl (C=O) groups is 4. The topological polar surface area (TPSA) is 179 Å². The summed E-state index contributed by atoms with van der Waals surface area (Å²) in [5, 5.41) is 16.8. The highest BCUT2D eigenvalue weighted by Gasteiger charge is 2.41. The number of anilines is 2. The van der Waals surface area contributed by atoms with E-state index in [0.29, 0.717) is 38.2 Å². The third kappa shape index (κ3) is 18.2. The quantitative estimate of drug-likeness (QED) is 0.0317. The van der Waals surface area contributed by atoms with Crippen LogP contribution in [-0.4, -0.2) is 68.7 Å². The average Bonchev–Trinajstić information content (AvgIpc) is 3.27. The van der Waals surface area contributed by atoms with Gasteiger partial charge < -0.3 is 20.2 Å². The van der Waals surface area contributed by atoms with E-state index in [0.717, 1.165) is 24.3 Å². The summed E-state index contributed by atoms with van der Waals surface area (Å²) in [5.41, 5.74) is 12.4. The Labute approximate surface area is 433 Å². The van der Waals surface area contributed by atoms with E-state index in [2.05, 4.69) is 110 Å². The van der Waals surface area contributed by atoms with Crippen LogP contribution >= 0.6 is 34.3 Å². The maximum Gasteiger partial charge on any atom is 0.269 e. The third-order valence-corrected chi connectivity index (χ3v) is 22.8. The largest absolute Gasteiger partial charge is 0.412 e. The van der Waals surface area contributed by atoms with Crippen molar-refractivity contribution in [2.45, 2.75) is 130 Å². The van der Waals surface area contributed by atoms with Gasteiger partial charge in [-0.3, -0.25) is 40.9 Å². The van der Waals surface area contributed by atoms with Crippen molar-refractivity contribution in [1.29, 1.82) is 0 Å². The predicted octanol–water partition coefficient (Wildman–Crippen LogP) is 12.2. The van der Waals surface area contributed by atoms with Crippen LogP contribution in [-0.2, 0) is 14.0 Å². The molecule has 0 fully saturated rings. The molecule has 0 saturated carbocycles. The van der Waals surface area contributed by atoms with E-state index in [4.69, 9.17) is 51.9 Å². The molecule has 0 aliphatic rings. The molecule has 0 unspecified atom stereocenters. The fourth-order valence-corrected chi connectivity index (χ4v) is 7.25. The third-order valence-electron chi connectivity index (χ3n) is 12.0. The molecule has 14 nitrogen and oxygen atoms in total. The van der Waals surface area contributed by atoms with Crippen LogP contribution in [0.4, 0.5) is 31.5 Å². The standard InChI is InChI=1S/C25H32ClFN4O3Si.C19H18ClFN4O3.C6H15ClSi/c1-15-19(13-14-20(28-6)21(15)26)29-22(16(2)34-35(7,8)25(3,4)5)24(33)31-30-23(32)17-9-11-18(27)12-10-17;1-10-14(8-9-15(22-3)16(10)20)23-17(11(2)26)19(28)25-24-18(27)12-4-6-13(21)7-5-12;1-6(2,3)8(4,5)7/h9-14,16,22,29H,1-5,7-8H3,(H,30,32)(H,31,33);4-9,11,17,23,26H,1-2H3,(H,24,27)(H,25,28);1-5H3/t16-,22-;11-,17-;/m11./s1. The Balaban J connectivity index is 0.000000429. The monoisotopic (exact) mass is 1070 g/mol. The fraction of sp³-hybridized carbons (Fsp3) is 0.400. The lowest BCUT2D eigenvalue weighted by molar-refractivity contribution is -0.125. The molecule has 384 valence electrons. The molecular weight excluding hydrogens is 1010 g/mol. The first kappa shape index (κ1) is 61.5. The van der Waals surface area contributed by atoms with Crippen molar-refractivity contribution in [1.82, 2.24) is 21.7 Å². The van der Waals surface area contributed by atoms with E-state index >= 15 is 0 Å². The molecule has 4 aromatic rings. The van der Waals surface area contributed by atoms with E-state index in [1.165, 1.54) is 37.3 Å². The molecule has 0 aromatic heterocycles. The van der Waals surface area contributed by atoms with E-state index in [9.17, 15) is 33.1 Å². The minimum atomic E-state index is -2.24. The van der Waals surface area contributed by atoms with Crippen molar-refractivity contribution in [3.8, 4) is 0 Å². The number of hydrazine groups is 2. The van der Waals surface area contributed by atoms with Gasteiger partial charge in [0.25, 0.3) is 23.6 Å². The summed E-state index contributed by atoms with van der Waals surface area (Å²) in [7, 11) is -3.63. The second-order valence-electron chi connectivity index (χ2n) is 19.6. The molecule has 21 heteroatoms. The van der Waals surface area contributed by atoms with Gasteiger partial charge in [0.05, 0.1) is 35.4 Å². The lowest BCUT2D eigenvalue weighted by Crippen LogP contribution is -2.55. The Morgan fingerprint density at radius 1 is 0.620 bits per heavy atom. The number of nitrogens with one attached hydrogen (secondary N) is 6. The lowest BCUT2D eigenvalue weighted by Gasteiger charge is -2.40. The van der Waals surface area contributed by atoms with Gasteiger partial charge in [-0.2, -0.15) is 11.1 Å². The zero-order valence-corrected chi connectivity index (χ0v) is 46.8. The number of hydrogen-bond acceptors (Lipinski definition) is 8. The second-order valence-corrected chi connectivity index (χ2v) is 32.3. The molecule has 4 amide bonds. The predicted molar refractivity (Wildman–Crippen MR) is 286 cm³/mol. The highest BCUT2D eigenvalue weighted by molar-refractivity contribution is 7.20. The van der Waals surface area contributed by atoms with Crippen LogP contribution in [0.5, 0.6) is 0 Å². The number of hydrogen-bond donors (Lipinski definition) is 7. The number of halogens is 5. The Morgan fingerprint density at radius 2 is 0.958 bits per heavy atom. The maximum absolute atomic E-state index is 13.2. The zero-order chi connectivity index (χ0) is 54.4. The van der Waals surface area contributed by atoms with Gasteiger partial charge in [0.2, 0.25) is 11.4 Å². The molecule has 7 N–H and O–H groups in total. The molecule has 0 radical (unpaired) electrons. The van der Waals surface area contributed by atoms with Crippen LogP contribution < -0.4 is 32.3 Å². The van der Waals surface area contributed by atoms with Crippen LogP contribution in [0.1, 0.15) is 87.2 Å². The number of rotatable bonds is 12. The molecule has 4 atom stereocenters. The number of aliphatic hydroxyl groups excluding tert-OH is 1. The van der Waals surface area contributed by atoms with Crippen LogP contribution in [0.3, 0.4) is 0 Å². The van der Waals surface area contributed by atoms with Crippen molar-refractivity contribution in [3.63, 3.8) is 0 Å². The van der Waals surface area contributed by atoms with E-state index in [1.54, 1.807) is 39.0 Å². The van der Waals surface area contributed by atoms with Gasteiger partial charge in [0.15, 0.2) is 15.7 Å². The zero-order valence-electron chi connectivity index (χ0n) is 42.5. The molecule has 0 bridgehead atoms. The highest BCUT2D eigenvalue weighted by Crippen LogP contribution is 2.40. The highest BCUT2D eigenvalue weighted by atomic mass is 35.6. The van der Waals surface area contributed by atoms with Gasteiger partial charge in [-0.1, -0.05) is 90.0 Å². The first-order valence-electron chi connectivity index (χ1n) is 22.3. The van der Waals surface area contributed by atoms with Crippen LogP contribution in [0.25, 0.3) is 9.69 Å². The normalized spacial score (nSPS) is 13.1. The Bertz CT molecular complexity index is 2580. The lowest BCUT2D eigenvalue weighted by atomic mass is 10.1. The molecule has 0 saturated heterocycles. The van der Waals surface area contributed by atoms with Gasteiger partial charge in [0, 0.05) is 22.5 Å². The van der Waals surface area contributed by atoms with Crippen molar-refractivity contribution in [3.05, 3.63) is 140 Å². The molecular formula is C50H65Cl3F2N8O6Si2. The minimum Gasteiger partial charge on any atom is -0.412 e. The molecule has 4 aromatic carbocycles. The van der Waals surface area contributed by atoms with Crippen molar-refractivity contribution in [2.24, 2.45) is 0 Å². The van der Waals surface area contributed by atoms with E-state index in [-0.39, 0.29) is 26.9 Å². The Morgan fingerprint density at radius 3 is 1.27 bits per heavy atom. The second kappa shape index (κ2) is 26.2. The van der Waals surface area contributed by atoms with Gasteiger partial charge in [-0.05, 0) is 123 Å². The molecule has 0 heterocycles. The summed E-state index contributed by atoms with van der Waals surface area (Å²) in [6, 6.07) is 14.1. The van der Waals surface area contributed by atoms with Crippen LogP contribution in [0, 0.1) is 38.6 Å². The summed E-state index contributed by atoms with van der Waals surface area (Å²) < 4.78 is 32.5. The Hall–Kier alpha value is -5.58. The van der Waals surface area contributed by atoms with Gasteiger partial charge in [-0.25, -0.2) is 18.5 Å². The van der Waals surface area contributed by atoms with Crippen LogP contribution in [0.2, 0.25) is 46.3 Å². The molecule has 0 aliphatic heterocycles. The summed E-state index contributed by atoms with van der Waals surface area (Å²) in [5.74, 6) is -3.41.